The second kappa shape index (κ2) is 2.73. The van der Waals surface area contributed by atoms with Gasteiger partial charge in [-0.3, -0.25) is 0 Å². The highest BCUT2D eigenvalue weighted by Crippen LogP contribution is 2.15. The Hall–Kier alpha value is -1.03. The number of thiazole rings is 1. The number of hydrogen-bond acceptors (Lipinski definition) is 3. The molecule has 0 amide bonds. The Labute approximate surface area is 81.1 Å². The molecule has 4 heteroatoms. The first-order valence-corrected chi connectivity index (χ1v) is 5.06. The minimum atomic E-state index is 0.100. The Morgan fingerprint density at radius 3 is 2.85 bits per heavy atom. The molecule has 0 saturated heterocycles. The van der Waals surface area contributed by atoms with E-state index in [-0.39, 0.29) is 5.54 Å². The predicted molar refractivity (Wildman–Crippen MR) is 52.6 cm³/mol. The summed E-state index contributed by atoms with van der Waals surface area (Å²) in [6.45, 7) is 6.52. The van der Waals surface area contributed by atoms with Crippen LogP contribution in [0.4, 0.5) is 0 Å². The number of fused-ring (bicyclic) bond motifs is 1. The number of aromatic nitrogens is 3. The van der Waals surface area contributed by atoms with Crippen molar-refractivity contribution in [2.24, 2.45) is 0 Å². The summed E-state index contributed by atoms with van der Waals surface area (Å²) < 4.78 is 2.20. The maximum Gasteiger partial charge on any atom is 0.261 e. The van der Waals surface area contributed by atoms with E-state index in [4.69, 9.17) is 0 Å². The third-order valence-electron chi connectivity index (χ3n) is 1.91. The third-order valence-corrected chi connectivity index (χ3v) is 2.76. The molecule has 0 saturated carbocycles. The first-order chi connectivity index (χ1) is 6.09. The molecule has 0 radical (unpaired) electrons. The minimum Gasteiger partial charge on any atom is -0.238 e. The van der Waals surface area contributed by atoms with Crippen LogP contribution in [0, 0.1) is 0 Å². The van der Waals surface area contributed by atoms with Crippen LogP contribution in [0.5, 0.6) is 0 Å². The van der Waals surface area contributed by atoms with Gasteiger partial charge in [0, 0.05) is 20.8 Å². The highest BCUT2D eigenvalue weighted by Gasteiger charge is 2.26. The highest BCUT2D eigenvalue weighted by molar-refractivity contribution is 7.15. The van der Waals surface area contributed by atoms with Crippen LogP contribution in [0.1, 0.15) is 20.8 Å². The summed E-state index contributed by atoms with van der Waals surface area (Å²) >= 11 is 1.65. The maximum absolute atomic E-state index is 4.20. The Morgan fingerprint density at radius 2 is 2.15 bits per heavy atom. The molecule has 2 rings (SSSR count). The molecule has 2 aromatic rings. The second-order valence-electron chi connectivity index (χ2n) is 3.98. The van der Waals surface area contributed by atoms with Crippen LogP contribution >= 0.6 is 11.3 Å². The lowest BCUT2D eigenvalue weighted by Crippen LogP contribution is -2.48. The topological polar surface area (TPSA) is 29.7 Å². The zero-order valence-corrected chi connectivity index (χ0v) is 8.80. The Balaban J connectivity index is 2.72. The van der Waals surface area contributed by atoms with E-state index in [1.165, 1.54) is 0 Å². The van der Waals surface area contributed by atoms with Crippen molar-refractivity contribution in [3.8, 4) is 0 Å². The van der Waals surface area contributed by atoms with Crippen LogP contribution in [0.25, 0.3) is 10.3 Å². The molecule has 0 aliphatic carbocycles. The number of hydrogen-bond donors (Lipinski definition) is 0. The lowest BCUT2D eigenvalue weighted by molar-refractivity contribution is -0.727. The van der Waals surface area contributed by atoms with Crippen LogP contribution < -0.4 is 4.57 Å². The van der Waals surface area contributed by atoms with Gasteiger partial charge in [-0.25, -0.2) is 9.97 Å². The van der Waals surface area contributed by atoms with E-state index in [1.807, 2.05) is 6.20 Å². The molecule has 0 atom stereocenters. The molecule has 2 aromatic heterocycles. The molecule has 0 aromatic carbocycles. The summed E-state index contributed by atoms with van der Waals surface area (Å²) in [6.07, 6.45) is 3.45. The summed E-state index contributed by atoms with van der Waals surface area (Å²) in [5.74, 6) is 0. The standard InChI is InChI=1S/C9H12N3S/c1-9(2,3)12-6-13-8-7(12)4-10-5-11-8/h4-6H,1-3H3/q+1. The third kappa shape index (κ3) is 1.42. The van der Waals surface area contributed by atoms with Crippen LogP contribution in [-0.2, 0) is 5.54 Å². The first-order valence-electron chi connectivity index (χ1n) is 4.18. The van der Waals surface area contributed by atoms with Gasteiger partial charge in [-0.2, -0.15) is 4.57 Å². The zero-order chi connectivity index (χ0) is 9.47. The fourth-order valence-corrected chi connectivity index (χ4v) is 2.26. The summed E-state index contributed by atoms with van der Waals surface area (Å²) in [5.41, 5.74) is 3.31. The minimum absolute atomic E-state index is 0.100. The largest absolute Gasteiger partial charge is 0.261 e. The average Bonchev–Trinajstić information content (AvgIpc) is 2.45. The lowest BCUT2D eigenvalue weighted by atomic mass is 10.1. The van der Waals surface area contributed by atoms with Gasteiger partial charge in [0.2, 0.25) is 5.51 Å². The molecular formula is C9H12N3S+. The van der Waals surface area contributed by atoms with E-state index in [2.05, 4.69) is 40.8 Å². The summed E-state index contributed by atoms with van der Waals surface area (Å²) in [5, 5.41) is 0. The van der Waals surface area contributed by atoms with E-state index in [0.29, 0.717) is 0 Å². The van der Waals surface area contributed by atoms with Gasteiger partial charge in [-0.05, 0) is 0 Å². The molecule has 68 valence electrons. The smallest absolute Gasteiger partial charge is 0.238 e. The fraction of sp³-hybridized carbons (Fsp3) is 0.444. The van der Waals surface area contributed by atoms with Gasteiger partial charge in [0.05, 0.1) is 0 Å². The van der Waals surface area contributed by atoms with Gasteiger partial charge >= 0.3 is 0 Å². The second-order valence-corrected chi connectivity index (χ2v) is 4.81. The van der Waals surface area contributed by atoms with E-state index in [1.54, 1.807) is 17.7 Å². The average molecular weight is 194 g/mol. The van der Waals surface area contributed by atoms with E-state index in [9.17, 15) is 0 Å². The van der Waals surface area contributed by atoms with Gasteiger partial charge in [-0.15, -0.1) is 0 Å². The van der Waals surface area contributed by atoms with Crippen molar-refractivity contribution in [1.82, 2.24) is 9.97 Å². The van der Waals surface area contributed by atoms with Crippen molar-refractivity contribution in [2.75, 3.05) is 0 Å². The molecule has 0 aliphatic heterocycles. The van der Waals surface area contributed by atoms with Crippen LogP contribution in [0.3, 0.4) is 0 Å². The maximum atomic E-state index is 4.20. The van der Waals surface area contributed by atoms with Gasteiger partial charge in [0.25, 0.3) is 5.52 Å². The van der Waals surface area contributed by atoms with E-state index < -0.39 is 0 Å². The molecule has 0 fully saturated rings. The van der Waals surface area contributed by atoms with Crippen molar-refractivity contribution in [3.05, 3.63) is 18.0 Å². The van der Waals surface area contributed by atoms with Crippen molar-refractivity contribution >= 4 is 21.7 Å². The van der Waals surface area contributed by atoms with Crippen molar-refractivity contribution in [1.29, 1.82) is 0 Å². The molecule has 13 heavy (non-hydrogen) atoms. The van der Waals surface area contributed by atoms with E-state index in [0.717, 1.165) is 10.3 Å². The Bertz CT molecular complexity index is 428. The number of rotatable bonds is 0. The zero-order valence-electron chi connectivity index (χ0n) is 7.98. The SMILES string of the molecule is CC(C)(C)[n+]1csc2ncncc21. The van der Waals surface area contributed by atoms with Gasteiger partial charge in [-0.1, -0.05) is 11.3 Å². The molecule has 2 heterocycles. The number of nitrogens with zero attached hydrogens (tertiary/aromatic N) is 3. The predicted octanol–water partition coefficient (Wildman–Crippen LogP) is 1.73. The summed E-state index contributed by atoms with van der Waals surface area (Å²) in [7, 11) is 0. The van der Waals surface area contributed by atoms with Crippen LogP contribution in [0.15, 0.2) is 18.0 Å². The summed E-state index contributed by atoms with van der Waals surface area (Å²) in [6, 6.07) is 0. The molecule has 0 unspecified atom stereocenters. The molecular weight excluding hydrogens is 182 g/mol. The molecule has 0 bridgehead atoms. The van der Waals surface area contributed by atoms with E-state index >= 15 is 0 Å². The van der Waals surface area contributed by atoms with Gasteiger partial charge in [0.15, 0.2) is 10.4 Å². The molecule has 0 spiro atoms. The van der Waals surface area contributed by atoms with Crippen LogP contribution in [0.2, 0.25) is 0 Å². The molecule has 3 nitrogen and oxygen atoms in total. The molecule has 0 aliphatic rings. The van der Waals surface area contributed by atoms with Crippen LogP contribution in [-0.4, -0.2) is 9.97 Å². The monoisotopic (exact) mass is 194 g/mol. The van der Waals surface area contributed by atoms with Gasteiger partial charge in [0.1, 0.15) is 12.5 Å². The fourth-order valence-electron chi connectivity index (χ4n) is 1.25. The lowest BCUT2D eigenvalue weighted by Gasteiger charge is -2.10. The quantitative estimate of drug-likeness (QED) is 0.598. The molecule has 0 N–H and O–H groups in total. The van der Waals surface area contributed by atoms with Gasteiger partial charge < -0.3 is 0 Å². The van der Waals surface area contributed by atoms with Crippen molar-refractivity contribution in [2.45, 2.75) is 26.3 Å². The normalized spacial score (nSPS) is 12.2. The Morgan fingerprint density at radius 1 is 1.38 bits per heavy atom. The Kier molecular flexibility index (Phi) is 1.80. The van der Waals surface area contributed by atoms with Crippen molar-refractivity contribution < 1.29 is 4.57 Å². The highest BCUT2D eigenvalue weighted by atomic mass is 32.1. The first kappa shape index (κ1) is 8.56. The van der Waals surface area contributed by atoms with Crippen molar-refractivity contribution in [3.63, 3.8) is 0 Å². The summed E-state index contributed by atoms with van der Waals surface area (Å²) in [4.78, 5) is 9.28.